The van der Waals surface area contributed by atoms with E-state index >= 15 is 0 Å². The summed E-state index contributed by atoms with van der Waals surface area (Å²) >= 11 is 0. The molecule has 26 nitrogen and oxygen atoms in total. The minimum absolute atomic E-state index is 0.0990. The molecule has 2 aromatic heterocycles. The molecule has 4 heterocycles. The first-order chi connectivity index (χ1) is 30.3. The lowest BCUT2D eigenvalue weighted by molar-refractivity contribution is -0.156. The number of esters is 2. The third kappa shape index (κ3) is 12.9. The third-order valence-electron chi connectivity index (χ3n) is 9.71. The molecule has 0 saturated carbocycles. The lowest BCUT2D eigenvalue weighted by Crippen LogP contribution is -2.33. The van der Waals surface area contributed by atoms with E-state index in [2.05, 4.69) is 15.3 Å². The molecule has 2 fully saturated rings. The Morgan fingerprint density at radius 2 is 1.38 bits per heavy atom. The van der Waals surface area contributed by atoms with Gasteiger partial charge in [-0.3, -0.25) is 56.7 Å². The van der Waals surface area contributed by atoms with Gasteiger partial charge in [-0.1, -0.05) is 0 Å². The maximum atomic E-state index is 13.4. The summed E-state index contributed by atoms with van der Waals surface area (Å²) < 4.78 is 80.2. The fourth-order valence-corrected chi connectivity index (χ4v) is 7.81. The van der Waals surface area contributed by atoms with Gasteiger partial charge in [-0.15, -0.1) is 0 Å². The number of aromatic amines is 2. The Kier molecular flexibility index (Phi) is 17.0. The van der Waals surface area contributed by atoms with Crippen LogP contribution in [0.15, 0.2) is 43.7 Å². The summed E-state index contributed by atoms with van der Waals surface area (Å²) in [4.78, 5) is 112. The number of aryl methyl sites for hydroxylation is 2. The van der Waals surface area contributed by atoms with Crippen LogP contribution in [0.4, 0.5) is 0 Å². The van der Waals surface area contributed by atoms with Gasteiger partial charge in [0.1, 0.15) is 43.5 Å². The van der Waals surface area contributed by atoms with Crippen molar-refractivity contribution in [2.75, 3.05) is 47.7 Å². The maximum absolute atomic E-state index is 13.4. The Hall–Kier alpha value is -5.43. The van der Waals surface area contributed by atoms with Crippen LogP contribution in [0.25, 0.3) is 0 Å². The number of phosphoric acid groups is 1. The number of nitrogens with one attached hydrogen (secondary N) is 3. The van der Waals surface area contributed by atoms with Crippen molar-refractivity contribution in [3.63, 3.8) is 0 Å². The average molecular weight is 948 g/mol. The highest BCUT2D eigenvalue weighted by molar-refractivity contribution is 7.47. The Morgan fingerprint density at radius 1 is 0.844 bits per heavy atom. The second-order valence-corrected chi connectivity index (χ2v) is 16.3. The van der Waals surface area contributed by atoms with E-state index in [0.29, 0.717) is 0 Å². The molecule has 1 amide bonds. The van der Waals surface area contributed by atoms with Crippen molar-refractivity contribution in [3.8, 4) is 17.2 Å². The summed E-state index contributed by atoms with van der Waals surface area (Å²) in [6.45, 7) is 1.07. The molecule has 1 aromatic carbocycles. The Bertz CT molecular complexity index is 2480. The molecule has 2 saturated heterocycles. The zero-order valence-corrected chi connectivity index (χ0v) is 36.8. The average Bonchev–Trinajstić information content (AvgIpc) is 3.84. The Morgan fingerprint density at radius 3 is 1.91 bits per heavy atom. The molecule has 352 valence electrons. The topological polar surface area (TPSA) is 340 Å². The number of nitrogens with zero attached hydrogens (tertiary/aromatic N) is 2. The second kappa shape index (κ2) is 22.0. The van der Waals surface area contributed by atoms with Crippen LogP contribution in [0.5, 0.6) is 17.2 Å². The number of amides is 1. The highest BCUT2D eigenvalue weighted by Crippen LogP contribution is 2.49. The number of aromatic nitrogens is 4. The van der Waals surface area contributed by atoms with Gasteiger partial charge in [-0.2, -0.15) is 0 Å². The van der Waals surface area contributed by atoms with Gasteiger partial charge in [0.05, 0.1) is 53.9 Å². The Balaban J connectivity index is 1.19. The van der Waals surface area contributed by atoms with Gasteiger partial charge in [0, 0.05) is 41.9 Å². The SMILES string of the molecule is COc1cc(C(=O)NCCOC(=O)CCC(=O)O[C@@H]2C[C@H](n3cc(C)c(=O)[nH]c3=O)OC2COP(=O)(O)O[C@@H]2C[C@H](n3cc(C)c(=O)[nH]c3=O)OC2CO[PH](=O)O)cc(OC)c1OC. The van der Waals surface area contributed by atoms with Gasteiger partial charge in [-0.05, 0) is 26.0 Å². The van der Waals surface area contributed by atoms with Crippen molar-refractivity contribution in [2.45, 2.75) is 76.4 Å². The van der Waals surface area contributed by atoms with E-state index in [1.165, 1.54) is 59.7 Å². The first-order valence-corrected chi connectivity index (χ1v) is 22.0. The number of H-pyrrole nitrogens is 2. The lowest BCUT2D eigenvalue weighted by atomic mass is 10.1. The molecule has 28 heteroatoms. The monoisotopic (exact) mass is 947 g/mol. The molecule has 0 bridgehead atoms. The smallest absolute Gasteiger partial charge is 0.472 e. The molecule has 0 radical (unpaired) electrons. The number of phosphoric ester groups is 1. The summed E-state index contributed by atoms with van der Waals surface area (Å²) in [5.41, 5.74) is -2.64. The van der Waals surface area contributed by atoms with Crippen LogP contribution in [-0.4, -0.2) is 119 Å². The van der Waals surface area contributed by atoms with Crippen molar-refractivity contribution >= 4 is 33.9 Å². The van der Waals surface area contributed by atoms with Crippen LogP contribution in [0.1, 0.15) is 59.6 Å². The minimum Gasteiger partial charge on any atom is -0.493 e. The van der Waals surface area contributed by atoms with Gasteiger partial charge in [0.25, 0.3) is 17.0 Å². The molecule has 5 rings (SSSR count). The maximum Gasteiger partial charge on any atom is 0.472 e. The third-order valence-corrected chi connectivity index (χ3v) is 11.1. The number of benzene rings is 1. The summed E-state index contributed by atoms with van der Waals surface area (Å²) in [6, 6.07) is 2.87. The van der Waals surface area contributed by atoms with Crippen molar-refractivity contribution in [2.24, 2.45) is 0 Å². The van der Waals surface area contributed by atoms with Crippen molar-refractivity contribution < 1.29 is 80.0 Å². The van der Waals surface area contributed by atoms with E-state index in [-0.39, 0.29) is 59.9 Å². The number of ether oxygens (including phenoxy) is 7. The molecule has 5 N–H and O–H groups in total. The fourth-order valence-electron chi connectivity index (χ4n) is 6.55. The summed E-state index contributed by atoms with van der Waals surface area (Å²) in [6.07, 6.45) is -6.82. The van der Waals surface area contributed by atoms with Crippen LogP contribution in [0.2, 0.25) is 0 Å². The summed E-state index contributed by atoms with van der Waals surface area (Å²) in [7, 11) is -4.45. The highest BCUT2D eigenvalue weighted by Gasteiger charge is 2.45. The number of carbonyl (C=O) groups is 3. The quantitative estimate of drug-likeness (QED) is 0.0527. The number of carbonyl (C=O) groups excluding carboxylic acids is 3. The van der Waals surface area contributed by atoms with E-state index < -0.39 is 119 Å². The van der Waals surface area contributed by atoms with Crippen molar-refractivity contribution in [1.29, 1.82) is 0 Å². The Labute approximate surface area is 362 Å². The zero-order valence-electron chi connectivity index (χ0n) is 34.9. The van der Waals surface area contributed by atoms with E-state index in [1.807, 2.05) is 0 Å². The van der Waals surface area contributed by atoms with Crippen molar-refractivity contribution in [1.82, 2.24) is 24.4 Å². The number of hydrogen-bond acceptors (Lipinski definition) is 19. The normalized spacial score (nSPS) is 22.0. The van der Waals surface area contributed by atoms with Crippen LogP contribution >= 0.6 is 16.1 Å². The molecule has 3 aromatic rings. The lowest BCUT2D eigenvalue weighted by Gasteiger charge is -2.23. The first kappa shape index (κ1) is 49.6. The first-order valence-electron chi connectivity index (χ1n) is 19.2. The molecule has 0 aliphatic carbocycles. The molecule has 2 aliphatic rings. The number of hydrogen-bond donors (Lipinski definition) is 5. The van der Waals surface area contributed by atoms with E-state index in [1.54, 1.807) is 0 Å². The van der Waals surface area contributed by atoms with Crippen LogP contribution in [0.3, 0.4) is 0 Å². The van der Waals surface area contributed by atoms with E-state index in [9.17, 15) is 52.5 Å². The standard InChI is InChI=1S/C36H47N5O21P2/c1-18-14-40(35(47)38-32(18)44)27-12-21(61-30(43)7-6-29(42)56-9-8-37-34(46)20-10-23(53-3)31(55-5)24(11-20)54-4)26(60-27)17-58-64(51,52)62-22-13-28(59-25(22)16-57-63(49)50)41-15-19(2)33(45)39-36(41)48/h10-11,14-15,21-22,25-28,63H,6-9,12-13,16-17H2,1-5H3,(H,37,46)(H,49,50)(H,51,52)(H,38,44,47)(H,39,45,48)/t21-,22-,25?,26?,27-,28-/m1/s1. The highest BCUT2D eigenvalue weighted by atomic mass is 31.2. The van der Waals surface area contributed by atoms with E-state index in [0.717, 1.165) is 9.13 Å². The van der Waals surface area contributed by atoms with Gasteiger partial charge >= 0.3 is 39.4 Å². The molecule has 4 unspecified atom stereocenters. The van der Waals surface area contributed by atoms with Crippen LogP contribution < -0.4 is 42.0 Å². The second-order valence-electron chi connectivity index (χ2n) is 14.1. The largest absolute Gasteiger partial charge is 0.493 e. The van der Waals surface area contributed by atoms with E-state index in [4.69, 9.17) is 46.7 Å². The molecular formula is C36H47N5O21P2. The van der Waals surface area contributed by atoms with Crippen LogP contribution in [-0.2, 0) is 51.2 Å². The molecule has 2 aliphatic heterocycles. The summed E-state index contributed by atoms with van der Waals surface area (Å²) in [5.74, 6) is -1.51. The predicted octanol–water partition coefficient (Wildman–Crippen LogP) is -0.130. The van der Waals surface area contributed by atoms with Crippen molar-refractivity contribution in [3.05, 3.63) is 82.9 Å². The van der Waals surface area contributed by atoms with Gasteiger partial charge in [0.2, 0.25) is 5.75 Å². The fraction of sp³-hybridized carbons (Fsp3) is 0.528. The number of rotatable bonds is 21. The van der Waals surface area contributed by atoms with Gasteiger partial charge in [-0.25, -0.2) is 14.2 Å². The number of methoxy groups -OCH3 is 3. The summed E-state index contributed by atoms with van der Waals surface area (Å²) in [5, 5.41) is 2.58. The predicted molar refractivity (Wildman–Crippen MR) is 216 cm³/mol. The molecular weight excluding hydrogens is 900 g/mol. The zero-order chi connectivity index (χ0) is 46.9. The van der Waals surface area contributed by atoms with Crippen LogP contribution in [0, 0.1) is 13.8 Å². The molecule has 8 atom stereocenters. The minimum atomic E-state index is -5.13. The molecule has 64 heavy (non-hydrogen) atoms. The molecule has 0 spiro atoms. The van der Waals surface area contributed by atoms with Gasteiger partial charge < -0.3 is 52.8 Å². The van der Waals surface area contributed by atoms with Gasteiger partial charge in [0.15, 0.2) is 11.5 Å².